The maximum atomic E-state index is 13.2. The van der Waals surface area contributed by atoms with Crippen molar-refractivity contribution in [3.05, 3.63) is 29.1 Å². The van der Waals surface area contributed by atoms with Crippen molar-refractivity contribution in [2.75, 3.05) is 6.54 Å². The summed E-state index contributed by atoms with van der Waals surface area (Å²) >= 11 is 0. The molecule has 7 heteroatoms. The molecule has 1 fully saturated rings. The van der Waals surface area contributed by atoms with Gasteiger partial charge in [0.1, 0.15) is 5.82 Å². The zero-order chi connectivity index (χ0) is 14.9. The first kappa shape index (κ1) is 14.9. The van der Waals surface area contributed by atoms with Crippen LogP contribution in [0.1, 0.15) is 24.0 Å². The van der Waals surface area contributed by atoms with Crippen LogP contribution in [-0.2, 0) is 14.8 Å². The minimum absolute atomic E-state index is 0.0745. The van der Waals surface area contributed by atoms with Gasteiger partial charge in [-0.1, -0.05) is 0 Å². The lowest BCUT2D eigenvalue weighted by atomic mass is 10.1. The lowest BCUT2D eigenvalue weighted by Gasteiger charge is -2.24. The van der Waals surface area contributed by atoms with Gasteiger partial charge < -0.3 is 5.32 Å². The summed E-state index contributed by atoms with van der Waals surface area (Å²) in [7, 11) is -3.72. The summed E-state index contributed by atoms with van der Waals surface area (Å²) in [5.41, 5.74) is 0.740. The quantitative estimate of drug-likeness (QED) is 0.874. The van der Waals surface area contributed by atoms with E-state index in [4.69, 9.17) is 0 Å². The molecule has 1 atom stereocenters. The smallest absolute Gasteiger partial charge is 0.241 e. The minimum Gasteiger partial charge on any atom is -0.355 e. The molecule has 1 aromatic carbocycles. The van der Waals surface area contributed by atoms with E-state index in [9.17, 15) is 17.6 Å². The SMILES string of the molecule is Cc1cc(F)cc(C)c1S(=O)(=O)NC1CCC(=O)NC1. The Morgan fingerprint density at radius 3 is 2.40 bits per heavy atom. The molecule has 1 aromatic rings. The number of aryl methyl sites for hydroxylation is 2. The highest BCUT2D eigenvalue weighted by molar-refractivity contribution is 7.89. The summed E-state index contributed by atoms with van der Waals surface area (Å²) in [5.74, 6) is -0.529. The third kappa shape index (κ3) is 3.16. The van der Waals surface area contributed by atoms with Crippen molar-refractivity contribution in [3.8, 4) is 0 Å². The first-order valence-corrected chi connectivity index (χ1v) is 7.83. The Bertz CT molecular complexity index is 610. The topological polar surface area (TPSA) is 75.3 Å². The third-order valence-corrected chi connectivity index (χ3v) is 5.11. The van der Waals surface area contributed by atoms with Crippen LogP contribution >= 0.6 is 0 Å². The van der Waals surface area contributed by atoms with Crippen molar-refractivity contribution in [2.24, 2.45) is 0 Å². The van der Waals surface area contributed by atoms with Gasteiger partial charge in [0.15, 0.2) is 0 Å². The summed E-state index contributed by atoms with van der Waals surface area (Å²) in [5, 5.41) is 2.62. The predicted octanol–water partition coefficient (Wildman–Crippen LogP) is 0.999. The van der Waals surface area contributed by atoms with E-state index in [0.717, 1.165) is 0 Å². The number of rotatable bonds is 3. The Balaban J connectivity index is 2.25. The molecule has 1 aliphatic rings. The van der Waals surface area contributed by atoms with Crippen molar-refractivity contribution in [1.29, 1.82) is 0 Å². The van der Waals surface area contributed by atoms with E-state index in [1.165, 1.54) is 12.1 Å². The molecule has 110 valence electrons. The van der Waals surface area contributed by atoms with Crippen LogP contribution in [0.3, 0.4) is 0 Å². The molecule has 0 bridgehead atoms. The molecular formula is C13H17FN2O3S. The average molecular weight is 300 g/mol. The van der Waals surface area contributed by atoms with Gasteiger partial charge >= 0.3 is 0 Å². The van der Waals surface area contributed by atoms with E-state index in [2.05, 4.69) is 10.0 Å². The average Bonchev–Trinajstić information content (AvgIpc) is 2.30. The lowest BCUT2D eigenvalue weighted by molar-refractivity contribution is -0.122. The Kier molecular flexibility index (Phi) is 4.10. The van der Waals surface area contributed by atoms with E-state index in [0.29, 0.717) is 24.0 Å². The van der Waals surface area contributed by atoms with Crippen molar-refractivity contribution in [1.82, 2.24) is 10.0 Å². The summed E-state index contributed by atoms with van der Waals surface area (Å²) < 4.78 is 40.6. The largest absolute Gasteiger partial charge is 0.355 e. The van der Waals surface area contributed by atoms with Crippen molar-refractivity contribution >= 4 is 15.9 Å². The fourth-order valence-electron chi connectivity index (χ4n) is 2.43. The maximum Gasteiger partial charge on any atom is 0.241 e. The molecule has 1 unspecified atom stereocenters. The normalized spacial score (nSPS) is 19.8. The summed E-state index contributed by atoms with van der Waals surface area (Å²) in [6.45, 7) is 3.40. The van der Waals surface area contributed by atoms with Gasteiger partial charge in [-0.15, -0.1) is 0 Å². The Morgan fingerprint density at radius 1 is 1.30 bits per heavy atom. The molecule has 1 amide bonds. The number of halogens is 1. The number of amides is 1. The maximum absolute atomic E-state index is 13.2. The van der Waals surface area contributed by atoms with Crippen LogP contribution in [0.2, 0.25) is 0 Å². The van der Waals surface area contributed by atoms with Crippen LogP contribution in [0.4, 0.5) is 4.39 Å². The van der Waals surface area contributed by atoms with Gasteiger partial charge in [0, 0.05) is 19.0 Å². The van der Waals surface area contributed by atoms with Crippen molar-refractivity contribution in [2.45, 2.75) is 37.6 Å². The molecule has 2 N–H and O–H groups in total. The standard InChI is InChI=1S/C13H17FN2O3S/c1-8-5-10(14)6-9(2)13(8)20(18,19)16-11-3-4-12(17)15-7-11/h5-6,11,16H,3-4,7H2,1-2H3,(H,15,17). The van der Waals surface area contributed by atoms with Gasteiger partial charge in [0.05, 0.1) is 4.90 Å². The molecule has 5 nitrogen and oxygen atoms in total. The molecule has 0 spiro atoms. The predicted molar refractivity (Wildman–Crippen MR) is 72.2 cm³/mol. The Morgan fingerprint density at radius 2 is 1.90 bits per heavy atom. The number of piperidine rings is 1. The molecule has 0 saturated carbocycles. The van der Waals surface area contributed by atoms with E-state index in [-0.39, 0.29) is 23.4 Å². The van der Waals surface area contributed by atoms with Crippen LogP contribution in [-0.4, -0.2) is 26.9 Å². The van der Waals surface area contributed by atoms with Crippen LogP contribution in [0, 0.1) is 19.7 Å². The highest BCUT2D eigenvalue weighted by Gasteiger charge is 2.26. The third-order valence-electron chi connectivity index (χ3n) is 3.28. The highest BCUT2D eigenvalue weighted by atomic mass is 32.2. The number of carbonyl (C=O) groups excluding carboxylic acids is 1. The van der Waals surface area contributed by atoms with Crippen LogP contribution in [0.25, 0.3) is 0 Å². The molecule has 20 heavy (non-hydrogen) atoms. The number of nitrogens with one attached hydrogen (secondary N) is 2. The van der Waals surface area contributed by atoms with Crippen LogP contribution in [0.15, 0.2) is 17.0 Å². The fourth-order valence-corrected chi connectivity index (χ4v) is 4.16. The second-order valence-corrected chi connectivity index (χ2v) is 6.68. The van der Waals surface area contributed by atoms with Gasteiger partial charge in [-0.05, 0) is 43.5 Å². The number of benzene rings is 1. The van der Waals surface area contributed by atoms with Crippen molar-refractivity contribution < 1.29 is 17.6 Å². The van der Waals surface area contributed by atoms with Gasteiger partial charge in [0.2, 0.25) is 15.9 Å². The molecule has 1 heterocycles. The fraction of sp³-hybridized carbons (Fsp3) is 0.462. The van der Waals surface area contributed by atoms with Gasteiger partial charge in [-0.2, -0.15) is 0 Å². The summed E-state index contributed by atoms with van der Waals surface area (Å²) in [6.07, 6.45) is 0.763. The van der Waals surface area contributed by atoms with Crippen LogP contribution < -0.4 is 10.0 Å². The second kappa shape index (κ2) is 5.49. The molecule has 0 aromatic heterocycles. The van der Waals surface area contributed by atoms with Gasteiger partial charge in [-0.3, -0.25) is 4.79 Å². The monoisotopic (exact) mass is 300 g/mol. The second-order valence-electron chi connectivity index (χ2n) is 5.03. The summed E-state index contributed by atoms with van der Waals surface area (Å²) in [6, 6.07) is 2.07. The molecule has 1 aliphatic heterocycles. The Hall–Kier alpha value is -1.47. The van der Waals surface area contributed by atoms with E-state index in [1.54, 1.807) is 13.8 Å². The van der Waals surface area contributed by atoms with Gasteiger partial charge in [-0.25, -0.2) is 17.5 Å². The number of hydrogen-bond donors (Lipinski definition) is 2. The number of sulfonamides is 1. The minimum atomic E-state index is -3.72. The molecular weight excluding hydrogens is 283 g/mol. The molecule has 0 radical (unpaired) electrons. The highest BCUT2D eigenvalue weighted by Crippen LogP contribution is 2.22. The number of hydrogen-bond acceptors (Lipinski definition) is 3. The molecule has 0 aliphatic carbocycles. The zero-order valence-electron chi connectivity index (χ0n) is 11.4. The first-order valence-electron chi connectivity index (χ1n) is 6.35. The number of carbonyl (C=O) groups is 1. The van der Waals surface area contributed by atoms with Crippen LogP contribution in [0.5, 0.6) is 0 Å². The Labute approximate surface area is 117 Å². The zero-order valence-corrected chi connectivity index (χ0v) is 12.2. The first-order chi connectivity index (χ1) is 9.29. The van der Waals surface area contributed by atoms with Crippen molar-refractivity contribution in [3.63, 3.8) is 0 Å². The van der Waals surface area contributed by atoms with Gasteiger partial charge in [0.25, 0.3) is 0 Å². The van der Waals surface area contributed by atoms with E-state index in [1.807, 2.05) is 0 Å². The molecule has 1 saturated heterocycles. The van der Waals surface area contributed by atoms with E-state index < -0.39 is 15.8 Å². The summed E-state index contributed by atoms with van der Waals surface area (Å²) in [4.78, 5) is 11.2. The molecule has 2 rings (SSSR count). The lowest BCUT2D eigenvalue weighted by Crippen LogP contribution is -2.47. The van der Waals surface area contributed by atoms with E-state index >= 15 is 0 Å².